The Bertz CT molecular complexity index is 118. The average molecular weight is 160 g/mol. The summed E-state index contributed by atoms with van der Waals surface area (Å²) in [5.74, 6) is -0.651. The van der Waals surface area contributed by atoms with Crippen molar-refractivity contribution < 1.29 is 4.79 Å². The summed E-state index contributed by atoms with van der Waals surface area (Å²) in [6.07, 6.45) is 2.14. The molecule has 0 saturated heterocycles. The molecule has 0 aromatic heterocycles. The fourth-order valence-corrected chi connectivity index (χ4v) is 0.715. The fourth-order valence-electron chi connectivity index (χ4n) is 0.715. The van der Waals surface area contributed by atoms with E-state index >= 15 is 0 Å². The molecule has 0 aliphatic carbocycles. The van der Waals surface area contributed by atoms with Crippen LogP contribution >= 0.6 is 0 Å². The molecular weight excluding hydrogens is 146 g/mol. The number of rotatable bonds is 5. The van der Waals surface area contributed by atoms with E-state index in [4.69, 9.17) is 11.5 Å². The number of hydrogen-bond donors (Lipinski definition) is 3. The Morgan fingerprint density at radius 3 is 2.64 bits per heavy atom. The van der Waals surface area contributed by atoms with Crippen LogP contribution in [0.2, 0.25) is 0 Å². The predicted molar refractivity (Wildman–Crippen MR) is 42.4 cm³/mol. The lowest BCUT2D eigenvalue weighted by Crippen LogP contribution is -2.37. The molecule has 0 heterocycles. The summed E-state index contributed by atoms with van der Waals surface area (Å²) in [5, 5.41) is 9.80. The van der Waals surface area contributed by atoms with Crippen LogP contribution in [-0.2, 0) is 4.79 Å². The van der Waals surface area contributed by atoms with Crippen molar-refractivity contribution >= 4 is 5.91 Å². The largest absolute Gasteiger partial charge is 0.759 e. The lowest BCUT2D eigenvalue weighted by atomic mass is 10.1. The molecule has 0 aliphatic heterocycles. The van der Waals surface area contributed by atoms with Crippen molar-refractivity contribution in [3.63, 3.8) is 0 Å². The first-order chi connectivity index (χ1) is 5.22. The molecule has 5 heteroatoms. The Kier molecular flexibility index (Phi) is 5.73. The Morgan fingerprint density at radius 2 is 2.18 bits per heavy atom. The van der Waals surface area contributed by atoms with Crippen molar-refractivity contribution in [1.82, 2.24) is 5.48 Å². The van der Waals surface area contributed by atoms with Gasteiger partial charge in [-0.05, 0) is 19.4 Å². The van der Waals surface area contributed by atoms with Gasteiger partial charge in [0.05, 0.1) is 6.04 Å². The van der Waals surface area contributed by atoms with Gasteiger partial charge in [-0.15, -0.1) is 0 Å². The molecule has 0 aromatic carbocycles. The van der Waals surface area contributed by atoms with Gasteiger partial charge in [0.25, 0.3) is 0 Å². The van der Waals surface area contributed by atoms with E-state index in [-0.39, 0.29) is 0 Å². The summed E-state index contributed by atoms with van der Waals surface area (Å²) in [4.78, 5) is 10.5. The van der Waals surface area contributed by atoms with Crippen LogP contribution in [0.5, 0.6) is 0 Å². The zero-order valence-electron chi connectivity index (χ0n) is 6.38. The van der Waals surface area contributed by atoms with Gasteiger partial charge in [0.15, 0.2) is 0 Å². The summed E-state index contributed by atoms with van der Waals surface area (Å²) >= 11 is 0. The fraction of sp³-hybridized carbons (Fsp3) is 0.833. The Morgan fingerprint density at radius 1 is 1.55 bits per heavy atom. The maximum atomic E-state index is 10.5. The summed E-state index contributed by atoms with van der Waals surface area (Å²) in [6, 6.07) is -0.681. The highest BCUT2D eigenvalue weighted by atomic mass is 16.5. The number of nitrogens with one attached hydrogen (secondary N) is 1. The van der Waals surface area contributed by atoms with Crippen molar-refractivity contribution in [3.8, 4) is 0 Å². The van der Waals surface area contributed by atoms with Crippen molar-refractivity contribution in [2.45, 2.75) is 25.3 Å². The van der Waals surface area contributed by atoms with E-state index < -0.39 is 11.9 Å². The lowest BCUT2D eigenvalue weighted by Gasteiger charge is -2.13. The van der Waals surface area contributed by atoms with Gasteiger partial charge in [-0.1, -0.05) is 6.42 Å². The molecule has 66 valence electrons. The molecule has 0 aromatic rings. The van der Waals surface area contributed by atoms with Crippen LogP contribution < -0.4 is 16.9 Å². The quantitative estimate of drug-likeness (QED) is 0.356. The molecule has 0 rings (SSSR count). The van der Waals surface area contributed by atoms with Gasteiger partial charge in [-0.3, -0.25) is 4.79 Å². The number of nitrogens with two attached hydrogens (primary N) is 2. The summed E-state index contributed by atoms with van der Waals surface area (Å²) in [5.41, 5.74) is 11.8. The van der Waals surface area contributed by atoms with Gasteiger partial charge < -0.3 is 22.2 Å². The molecular formula is C6H14N3O2-. The molecule has 1 amide bonds. The first-order valence-corrected chi connectivity index (χ1v) is 3.60. The third kappa shape index (κ3) is 4.72. The second kappa shape index (κ2) is 6.09. The minimum Gasteiger partial charge on any atom is -0.759 e. The topological polar surface area (TPSA) is 104 Å². The number of carbonyl (C=O) groups excluding carboxylic acids is 1. The van der Waals surface area contributed by atoms with Crippen molar-refractivity contribution in [1.29, 1.82) is 0 Å². The Balaban J connectivity index is 3.36. The van der Waals surface area contributed by atoms with Crippen LogP contribution in [0.1, 0.15) is 19.3 Å². The standard InChI is InChI=1S/C6H14N3O2/c7-4-2-1-3-5(8)6(10)9-11/h5H,1-4,7-8H2,(H-,9,10,11)/q-1. The second-order valence-corrected chi connectivity index (χ2v) is 2.36. The number of carbonyl (C=O) groups is 1. The summed E-state index contributed by atoms with van der Waals surface area (Å²) in [7, 11) is 0. The van der Waals surface area contributed by atoms with Crippen molar-refractivity contribution in [3.05, 3.63) is 5.21 Å². The molecule has 0 radical (unpaired) electrons. The third-order valence-corrected chi connectivity index (χ3v) is 1.41. The maximum absolute atomic E-state index is 10.5. The van der Waals surface area contributed by atoms with Crippen molar-refractivity contribution in [2.24, 2.45) is 11.5 Å². The van der Waals surface area contributed by atoms with Gasteiger partial charge in [0.1, 0.15) is 0 Å². The maximum Gasteiger partial charge on any atom is 0.226 e. The van der Waals surface area contributed by atoms with Gasteiger partial charge in [-0.25, -0.2) is 0 Å². The van der Waals surface area contributed by atoms with E-state index in [2.05, 4.69) is 0 Å². The lowest BCUT2D eigenvalue weighted by molar-refractivity contribution is -0.121. The van der Waals surface area contributed by atoms with Crippen LogP contribution in [0.15, 0.2) is 0 Å². The van der Waals surface area contributed by atoms with Gasteiger partial charge in [0.2, 0.25) is 5.91 Å². The molecule has 5 N–H and O–H groups in total. The van der Waals surface area contributed by atoms with E-state index in [1.807, 2.05) is 0 Å². The molecule has 0 fully saturated rings. The van der Waals surface area contributed by atoms with Gasteiger partial charge >= 0.3 is 0 Å². The monoisotopic (exact) mass is 160 g/mol. The highest BCUT2D eigenvalue weighted by Crippen LogP contribution is 1.97. The summed E-state index contributed by atoms with van der Waals surface area (Å²) in [6.45, 7) is 0.589. The molecule has 0 aliphatic rings. The third-order valence-electron chi connectivity index (χ3n) is 1.41. The highest BCUT2D eigenvalue weighted by molar-refractivity contribution is 5.81. The summed E-state index contributed by atoms with van der Waals surface area (Å²) < 4.78 is 0. The SMILES string of the molecule is NCCCCC(N)C(=O)N[O-]. The second-order valence-electron chi connectivity index (χ2n) is 2.36. The smallest absolute Gasteiger partial charge is 0.226 e. The normalized spacial score (nSPS) is 12.6. The first kappa shape index (κ1) is 10.3. The highest BCUT2D eigenvalue weighted by Gasteiger charge is 2.07. The number of hydroxylamine groups is 1. The Hall–Kier alpha value is -0.650. The van der Waals surface area contributed by atoms with E-state index in [1.54, 1.807) is 0 Å². The van der Waals surface area contributed by atoms with E-state index in [0.29, 0.717) is 13.0 Å². The van der Waals surface area contributed by atoms with Gasteiger partial charge in [-0.2, -0.15) is 0 Å². The Labute approximate surface area is 65.7 Å². The van der Waals surface area contributed by atoms with Crippen molar-refractivity contribution in [2.75, 3.05) is 6.54 Å². The molecule has 1 atom stereocenters. The molecule has 5 nitrogen and oxygen atoms in total. The van der Waals surface area contributed by atoms with Crippen LogP contribution in [0.3, 0.4) is 0 Å². The van der Waals surface area contributed by atoms with Gasteiger partial charge in [0, 0.05) is 0 Å². The molecule has 0 bridgehead atoms. The zero-order chi connectivity index (χ0) is 8.69. The van der Waals surface area contributed by atoms with E-state index in [0.717, 1.165) is 12.8 Å². The minimum absolute atomic E-state index is 0.519. The molecule has 0 spiro atoms. The minimum atomic E-state index is -0.681. The predicted octanol–water partition coefficient (Wildman–Crippen LogP) is -0.943. The van der Waals surface area contributed by atoms with E-state index in [9.17, 15) is 10.0 Å². The van der Waals surface area contributed by atoms with Crippen LogP contribution in [0.4, 0.5) is 0 Å². The van der Waals surface area contributed by atoms with Crippen LogP contribution in [0, 0.1) is 5.21 Å². The number of hydrogen-bond acceptors (Lipinski definition) is 4. The number of unbranched alkanes of at least 4 members (excludes halogenated alkanes) is 1. The molecule has 0 saturated carbocycles. The van der Waals surface area contributed by atoms with E-state index in [1.165, 1.54) is 5.48 Å². The van der Waals surface area contributed by atoms with Crippen LogP contribution in [-0.4, -0.2) is 18.5 Å². The first-order valence-electron chi connectivity index (χ1n) is 3.60. The number of amides is 1. The molecule has 1 unspecified atom stereocenters. The molecule has 11 heavy (non-hydrogen) atoms. The zero-order valence-corrected chi connectivity index (χ0v) is 6.38. The van der Waals surface area contributed by atoms with Crippen LogP contribution in [0.25, 0.3) is 0 Å². The average Bonchev–Trinajstić information content (AvgIpc) is 2.03.